The molecule has 1 aromatic rings. The molecular formula is C12H13ClO2. The molecule has 1 fully saturated rings. The number of benzene rings is 1. The van der Waals surface area contributed by atoms with E-state index in [9.17, 15) is 9.90 Å². The molecule has 3 heteroatoms. The Labute approximate surface area is 93.9 Å². The van der Waals surface area contributed by atoms with Crippen molar-refractivity contribution in [2.45, 2.75) is 31.1 Å². The van der Waals surface area contributed by atoms with Gasteiger partial charge in [-0.05, 0) is 24.5 Å². The summed E-state index contributed by atoms with van der Waals surface area (Å²) in [6, 6.07) is 7.28. The second-order valence-electron chi connectivity index (χ2n) is 4.07. The van der Waals surface area contributed by atoms with Crippen LogP contribution in [0.2, 0.25) is 5.02 Å². The summed E-state index contributed by atoms with van der Waals surface area (Å²) in [5.41, 5.74) is 0.0369. The lowest BCUT2D eigenvalue weighted by molar-refractivity contribution is -0.143. The van der Waals surface area contributed by atoms with Gasteiger partial charge in [0.05, 0.1) is 5.41 Å². The highest BCUT2D eigenvalue weighted by atomic mass is 35.5. The van der Waals surface area contributed by atoms with Gasteiger partial charge < -0.3 is 5.11 Å². The van der Waals surface area contributed by atoms with Gasteiger partial charge in [-0.25, -0.2) is 0 Å². The van der Waals surface area contributed by atoms with Gasteiger partial charge in [0.15, 0.2) is 0 Å². The summed E-state index contributed by atoms with van der Waals surface area (Å²) in [6.07, 6.45) is 3.34. The van der Waals surface area contributed by atoms with E-state index in [1.54, 1.807) is 6.07 Å². The average molecular weight is 225 g/mol. The predicted octanol–water partition coefficient (Wildman–Crippen LogP) is 3.24. The minimum absolute atomic E-state index is 0.571. The van der Waals surface area contributed by atoms with E-state index in [1.165, 1.54) is 0 Å². The first-order valence-electron chi connectivity index (χ1n) is 5.15. The molecule has 1 saturated carbocycles. The molecule has 0 atom stereocenters. The van der Waals surface area contributed by atoms with E-state index in [2.05, 4.69) is 0 Å². The zero-order valence-electron chi connectivity index (χ0n) is 8.37. The molecule has 0 amide bonds. The van der Waals surface area contributed by atoms with Gasteiger partial charge in [-0.15, -0.1) is 0 Å². The molecule has 0 heterocycles. The lowest BCUT2D eigenvalue weighted by atomic mass is 9.79. The fraction of sp³-hybridized carbons (Fsp3) is 0.417. The van der Waals surface area contributed by atoms with Crippen molar-refractivity contribution in [2.75, 3.05) is 0 Å². The average Bonchev–Trinajstić information content (AvgIpc) is 2.68. The smallest absolute Gasteiger partial charge is 0.314 e. The third kappa shape index (κ3) is 1.63. The molecule has 1 N–H and O–H groups in total. The number of rotatable bonds is 2. The number of hydrogen-bond acceptors (Lipinski definition) is 1. The first-order chi connectivity index (χ1) is 7.17. The van der Waals surface area contributed by atoms with Crippen LogP contribution in [-0.4, -0.2) is 11.1 Å². The maximum Gasteiger partial charge on any atom is 0.314 e. The number of halogens is 1. The van der Waals surface area contributed by atoms with Crippen LogP contribution in [0.1, 0.15) is 31.2 Å². The maximum absolute atomic E-state index is 11.4. The fourth-order valence-electron chi connectivity index (χ4n) is 2.43. The number of hydrogen-bond donors (Lipinski definition) is 1. The molecule has 1 aliphatic rings. The molecular weight excluding hydrogens is 212 g/mol. The van der Waals surface area contributed by atoms with Crippen molar-refractivity contribution in [3.8, 4) is 0 Å². The van der Waals surface area contributed by atoms with E-state index in [-0.39, 0.29) is 0 Å². The van der Waals surface area contributed by atoms with E-state index < -0.39 is 11.4 Å². The van der Waals surface area contributed by atoms with Crippen molar-refractivity contribution >= 4 is 17.6 Å². The van der Waals surface area contributed by atoms with Gasteiger partial charge in [-0.2, -0.15) is 0 Å². The van der Waals surface area contributed by atoms with Gasteiger partial charge in [0, 0.05) is 5.02 Å². The van der Waals surface area contributed by atoms with Crippen LogP contribution in [0, 0.1) is 0 Å². The second-order valence-corrected chi connectivity index (χ2v) is 4.48. The molecule has 15 heavy (non-hydrogen) atoms. The van der Waals surface area contributed by atoms with Crippen LogP contribution in [0.15, 0.2) is 24.3 Å². The highest BCUT2D eigenvalue weighted by Gasteiger charge is 2.43. The van der Waals surface area contributed by atoms with Crippen LogP contribution in [0.25, 0.3) is 0 Å². The van der Waals surface area contributed by atoms with Gasteiger partial charge in [0.25, 0.3) is 0 Å². The zero-order valence-corrected chi connectivity index (χ0v) is 9.13. The van der Waals surface area contributed by atoms with E-state index in [1.807, 2.05) is 18.2 Å². The van der Waals surface area contributed by atoms with Gasteiger partial charge in [-0.3, -0.25) is 4.79 Å². The van der Waals surface area contributed by atoms with Crippen LogP contribution in [0.4, 0.5) is 0 Å². The third-order valence-electron chi connectivity index (χ3n) is 3.26. The molecule has 2 nitrogen and oxygen atoms in total. The number of carboxylic acid groups (broad SMARTS) is 1. The molecule has 0 spiro atoms. The van der Waals surface area contributed by atoms with Crippen molar-refractivity contribution in [1.29, 1.82) is 0 Å². The first-order valence-corrected chi connectivity index (χ1v) is 5.53. The number of aliphatic carboxylic acids is 1. The van der Waals surface area contributed by atoms with Crippen LogP contribution in [0.5, 0.6) is 0 Å². The van der Waals surface area contributed by atoms with E-state index in [0.29, 0.717) is 17.9 Å². The summed E-state index contributed by atoms with van der Waals surface area (Å²) in [4.78, 5) is 11.4. The number of carboxylic acids is 1. The minimum atomic E-state index is -0.742. The van der Waals surface area contributed by atoms with Crippen LogP contribution in [0.3, 0.4) is 0 Å². The number of carbonyl (C=O) groups is 1. The van der Waals surface area contributed by atoms with E-state index in [0.717, 1.165) is 18.4 Å². The Morgan fingerprint density at radius 3 is 2.40 bits per heavy atom. The Hall–Kier alpha value is -1.02. The second kappa shape index (κ2) is 3.86. The lowest BCUT2D eigenvalue weighted by Crippen LogP contribution is -2.32. The molecule has 0 saturated heterocycles. The zero-order chi connectivity index (χ0) is 10.9. The van der Waals surface area contributed by atoms with Crippen molar-refractivity contribution < 1.29 is 9.90 Å². The molecule has 2 rings (SSSR count). The van der Waals surface area contributed by atoms with Crippen molar-refractivity contribution in [3.63, 3.8) is 0 Å². The SMILES string of the molecule is O=C(O)C1(c2ccccc2Cl)CCCC1. The quantitative estimate of drug-likeness (QED) is 0.838. The fourth-order valence-corrected chi connectivity index (χ4v) is 2.74. The topological polar surface area (TPSA) is 37.3 Å². The molecule has 1 aromatic carbocycles. The monoisotopic (exact) mass is 224 g/mol. The summed E-state index contributed by atoms with van der Waals surface area (Å²) >= 11 is 6.07. The molecule has 80 valence electrons. The summed E-state index contributed by atoms with van der Waals surface area (Å²) in [7, 11) is 0. The maximum atomic E-state index is 11.4. The Balaban J connectivity index is 2.50. The van der Waals surface area contributed by atoms with Gasteiger partial charge in [-0.1, -0.05) is 42.6 Å². The molecule has 0 radical (unpaired) electrons. The van der Waals surface area contributed by atoms with Crippen LogP contribution < -0.4 is 0 Å². The Morgan fingerprint density at radius 1 is 1.27 bits per heavy atom. The van der Waals surface area contributed by atoms with E-state index >= 15 is 0 Å². The molecule has 0 aromatic heterocycles. The van der Waals surface area contributed by atoms with Gasteiger partial charge in [0.1, 0.15) is 0 Å². The third-order valence-corrected chi connectivity index (χ3v) is 3.59. The Morgan fingerprint density at radius 2 is 1.87 bits per heavy atom. The van der Waals surface area contributed by atoms with Crippen molar-refractivity contribution in [3.05, 3.63) is 34.9 Å². The molecule has 1 aliphatic carbocycles. The summed E-state index contributed by atoms with van der Waals surface area (Å²) in [6.45, 7) is 0. The summed E-state index contributed by atoms with van der Waals surface area (Å²) < 4.78 is 0. The van der Waals surface area contributed by atoms with Crippen LogP contribution >= 0.6 is 11.6 Å². The van der Waals surface area contributed by atoms with Crippen molar-refractivity contribution in [2.24, 2.45) is 0 Å². The summed E-state index contributed by atoms with van der Waals surface area (Å²) in [5.74, 6) is -0.742. The standard InChI is InChI=1S/C12H13ClO2/c13-10-6-2-1-5-9(10)12(11(14)15)7-3-4-8-12/h1-2,5-6H,3-4,7-8H2,(H,14,15). The minimum Gasteiger partial charge on any atom is -0.481 e. The molecule has 0 bridgehead atoms. The first kappa shape index (κ1) is 10.5. The molecule has 0 unspecified atom stereocenters. The van der Waals surface area contributed by atoms with Gasteiger partial charge >= 0.3 is 5.97 Å². The van der Waals surface area contributed by atoms with Crippen LogP contribution in [-0.2, 0) is 10.2 Å². The highest BCUT2D eigenvalue weighted by molar-refractivity contribution is 6.31. The Bertz CT molecular complexity index is 381. The van der Waals surface area contributed by atoms with Gasteiger partial charge in [0.2, 0.25) is 0 Å². The molecule has 0 aliphatic heterocycles. The largest absolute Gasteiger partial charge is 0.481 e. The Kier molecular flexibility index (Phi) is 2.70. The van der Waals surface area contributed by atoms with E-state index in [4.69, 9.17) is 11.6 Å². The predicted molar refractivity (Wildman–Crippen MR) is 59.2 cm³/mol. The lowest BCUT2D eigenvalue weighted by Gasteiger charge is -2.25. The highest BCUT2D eigenvalue weighted by Crippen LogP contribution is 2.43. The summed E-state index contributed by atoms with van der Waals surface area (Å²) in [5, 5.41) is 9.95. The normalized spacial score (nSPS) is 19.0. The van der Waals surface area contributed by atoms with Crippen molar-refractivity contribution in [1.82, 2.24) is 0 Å².